The van der Waals surface area contributed by atoms with E-state index >= 15 is 0 Å². The zero-order valence-corrected chi connectivity index (χ0v) is 12.5. The number of carbonyl (C=O) groups excluding carboxylic acids is 1. The topological polar surface area (TPSA) is 74.0 Å². The van der Waals surface area contributed by atoms with Gasteiger partial charge in [-0.2, -0.15) is 10.2 Å². The van der Waals surface area contributed by atoms with Gasteiger partial charge in [0.1, 0.15) is 5.75 Å². The Morgan fingerprint density at radius 3 is 2.95 bits per heavy atom. The third-order valence-electron chi connectivity index (χ3n) is 3.38. The van der Waals surface area contributed by atoms with E-state index in [1.54, 1.807) is 37.3 Å². The molecule has 0 saturated heterocycles. The summed E-state index contributed by atoms with van der Waals surface area (Å²) in [5.74, 6) is 1.26. The zero-order chi connectivity index (χ0) is 15.5. The van der Waals surface area contributed by atoms with E-state index in [1.165, 1.54) is 0 Å². The van der Waals surface area contributed by atoms with E-state index in [0.717, 1.165) is 16.7 Å². The Morgan fingerprint density at radius 2 is 2.23 bits per heavy atom. The van der Waals surface area contributed by atoms with Crippen molar-refractivity contribution in [1.82, 2.24) is 19.6 Å². The van der Waals surface area contributed by atoms with Crippen molar-refractivity contribution < 1.29 is 9.53 Å². The fraction of sp³-hybridized carbons (Fsp3) is 0.267. The maximum Gasteiger partial charge on any atom is 0.227 e. The van der Waals surface area contributed by atoms with Crippen molar-refractivity contribution in [3.05, 3.63) is 36.7 Å². The summed E-state index contributed by atoms with van der Waals surface area (Å²) in [5.41, 5.74) is 0.978. The molecule has 7 heteroatoms. The number of anilines is 1. The molecule has 0 saturated carbocycles. The molecule has 1 amide bonds. The van der Waals surface area contributed by atoms with Crippen molar-refractivity contribution in [2.45, 2.75) is 13.0 Å². The first-order chi connectivity index (χ1) is 10.7. The van der Waals surface area contributed by atoms with Crippen LogP contribution < -0.4 is 10.1 Å². The zero-order valence-electron chi connectivity index (χ0n) is 12.5. The molecule has 114 valence electrons. The molecule has 0 fully saturated rings. The minimum Gasteiger partial charge on any atom is -0.497 e. The highest BCUT2D eigenvalue weighted by atomic mass is 16.5. The first-order valence-electron chi connectivity index (χ1n) is 6.95. The third-order valence-corrected chi connectivity index (χ3v) is 3.38. The van der Waals surface area contributed by atoms with Crippen LogP contribution in [0.1, 0.15) is 6.42 Å². The van der Waals surface area contributed by atoms with Crippen molar-refractivity contribution in [2.75, 3.05) is 12.4 Å². The summed E-state index contributed by atoms with van der Waals surface area (Å²) >= 11 is 0. The summed E-state index contributed by atoms with van der Waals surface area (Å²) in [6.07, 6.45) is 3.89. The molecule has 0 atom stereocenters. The summed E-state index contributed by atoms with van der Waals surface area (Å²) in [6, 6.07) is 7.51. The molecule has 2 heterocycles. The molecular weight excluding hydrogens is 282 g/mol. The summed E-state index contributed by atoms with van der Waals surface area (Å²) in [6.45, 7) is 0.508. The number of aryl methyl sites for hydroxylation is 2. The number of aromatic nitrogens is 4. The van der Waals surface area contributed by atoms with Crippen LogP contribution in [0, 0.1) is 0 Å². The molecule has 3 rings (SSSR count). The number of ether oxygens (including phenoxy) is 1. The number of amides is 1. The maximum absolute atomic E-state index is 11.9. The molecule has 3 aromatic rings. The van der Waals surface area contributed by atoms with Crippen LogP contribution in [-0.4, -0.2) is 32.6 Å². The Labute approximate surface area is 127 Å². The van der Waals surface area contributed by atoms with Crippen molar-refractivity contribution in [2.24, 2.45) is 7.05 Å². The Kier molecular flexibility index (Phi) is 3.78. The van der Waals surface area contributed by atoms with Gasteiger partial charge in [-0.15, -0.1) is 0 Å². The van der Waals surface area contributed by atoms with E-state index < -0.39 is 0 Å². The average Bonchev–Trinajstić information content (AvgIpc) is 3.10. The lowest BCUT2D eigenvalue weighted by atomic mass is 10.2. The normalized spacial score (nSPS) is 10.8. The second kappa shape index (κ2) is 5.88. The SMILES string of the molecule is COc1ccc2c(cnn2CCC(=O)Nc2ccn(C)n2)c1. The van der Waals surface area contributed by atoms with Gasteiger partial charge in [0.2, 0.25) is 5.91 Å². The van der Waals surface area contributed by atoms with Crippen LogP contribution >= 0.6 is 0 Å². The molecule has 0 aliphatic rings. The van der Waals surface area contributed by atoms with Crippen LogP contribution in [0.2, 0.25) is 0 Å². The molecule has 0 aliphatic carbocycles. The van der Waals surface area contributed by atoms with Crippen LogP contribution in [0.4, 0.5) is 5.82 Å². The molecular formula is C15H17N5O2. The summed E-state index contributed by atoms with van der Waals surface area (Å²) in [4.78, 5) is 11.9. The lowest BCUT2D eigenvalue weighted by Gasteiger charge is -2.05. The maximum atomic E-state index is 11.9. The summed E-state index contributed by atoms with van der Waals surface area (Å²) in [7, 11) is 3.44. The van der Waals surface area contributed by atoms with E-state index in [1.807, 2.05) is 22.9 Å². The highest BCUT2D eigenvalue weighted by Crippen LogP contribution is 2.20. The molecule has 1 aromatic carbocycles. The van der Waals surface area contributed by atoms with Gasteiger partial charge in [0.05, 0.1) is 25.4 Å². The number of carbonyl (C=O) groups is 1. The number of rotatable bonds is 5. The molecule has 0 aliphatic heterocycles. The highest BCUT2D eigenvalue weighted by molar-refractivity contribution is 5.89. The van der Waals surface area contributed by atoms with Crippen LogP contribution in [0.3, 0.4) is 0 Å². The predicted octanol–water partition coefficient (Wildman–Crippen LogP) is 1.81. The van der Waals surface area contributed by atoms with E-state index in [4.69, 9.17) is 4.74 Å². The predicted molar refractivity (Wildman–Crippen MR) is 82.7 cm³/mol. The second-order valence-electron chi connectivity index (χ2n) is 4.97. The fourth-order valence-corrected chi connectivity index (χ4v) is 2.26. The molecule has 22 heavy (non-hydrogen) atoms. The van der Waals surface area contributed by atoms with Crippen LogP contribution in [0.5, 0.6) is 5.75 Å². The quantitative estimate of drug-likeness (QED) is 0.779. The number of methoxy groups -OCH3 is 1. The van der Waals surface area contributed by atoms with Gasteiger partial charge in [-0.3, -0.25) is 14.2 Å². The third kappa shape index (κ3) is 2.93. The minimum absolute atomic E-state index is 0.0872. The van der Waals surface area contributed by atoms with Gasteiger partial charge in [-0.1, -0.05) is 0 Å². The second-order valence-corrected chi connectivity index (χ2v) is 4.97. The largest absolute Gasteiger partial charge is 0.497 e. The van der Waals surface area contributed by atoms with E-state index in [9.17, 15) is 4.79 Å². The Bertz CT molecular complexity index is 805. The average molecular weight is 299 g/mol. The monoisotopic (exact) mass is 299 g/mol. The highest BCUT2D eigenvalue weighted by Gasteiger charge is 2.08. The number of fused-ring (bicyclic) bond motifs is 1. The Morgan fingerprint density at radius 1 is 1.36 bits per heavy atom. The van der Waals surface area contributed by atoms with Gasteiger partial charge in [0.15, 0.2) is 5.82 Å². The number of benzene rings is 1. The Balaban J connectivity index is 1.65. The van der Waals surface area contributed by atoms with E-state index in [0.29, 0.717) is 18.8 Å². The van der Waals surface area contributed by atoms with Crippen LogP contribution in [-0.2, 0) is 18.4 Å². The van der Waals surface area contributed by atoms with Gasteiger partial charge >= 0.3 is 0 Å². The molecule has 0 radical (unpaired) electrons. The number of hydrogen-bond acceptors (Lipinski definition) is 4. The van der Waals surface area contributed by atoms with Crippen molar-refractivity contribution in [3.8, 4) is 5.75 Å². The van der Waals surface area contributed by atoms with Crippen molar-refractivity contribution >= 4 is 22.6 Å². The standard InChI is InChI=1S/C15H17N5O2/c1-19-7-5-14(18-19)17-15(21)6-8-20-13-4-3-12(22-2)9-11(13)10-16-20/h3-5,7,9-10H,6,8H2,1-2H3,(H,17,18,21). The molecule has 0 bridgehead atoms. The first kappa shape index (κ1) is 14.1. The number of nitrogens with zero attached hydrogens (tertiary/aromatic N) is 4. The number of nitrogens with one attached hydrogen (secondary N) is 1. The van der Waals surface area contributed by atoms with Gasteiger partial charge in [0, 0.05) is 31.1 Å². The van der Waals surface area contributed by atoms with Crippen molar-refractivity contribution in [1.29, 1.82) is 0 Å². The molecule has 2 aromatic heterocycles. The molecule has 0 unspecified atom stereocenters. The molecule has 0 spiro atoms. The van der Waals surface area contributed by atoms with E-state index in [-0.39, 0.29) is 5.91 Å². The fourth-order valence-electron chi connectivity index (χ4n) is 2.26. The van der Waals surface area contributed by atoms with Gasteiger partial charge in [0.25, 0.3) is 0 Å². The van der Waals surface area contributed by atoms with Gasteiger partial charge in [-0.05, 0) is 18.2 Å². The lowest BCUT2D eigenvalue weighted by Crippen LogP contribution is -2.15. The van der Waals surface area contributed by atoms with Gasteiger partial charge in [-0.25, -0.2) is 0 Å². The van der Waals surface area contributed by atoms with Crippen molar-refractivity contribution in [3.63, 3.8) is 0 Å². The Hall–Kier alpha value is -2.83. The minimum atomic E-state index is -0.0872. The number of hydrogen-bond donors (Lipinski definition) is 1. The smallest absolute Gasteiger partial charge is 0.227 e. The lowest BCUT2D eigenvalue weighted by molar-refractivity contribution is -0.116. The summed E-state index contributed by atoms with van der Waals surface area (Å²) < 4.78 is 8.64. The van der Waals surface area contributed by atoms with Crippen LogP contribution in [0.15, 0.2) is 36.7 Å². The van der Waals surface area contributed by atoms with Gasteiger partial charge < -0.3 is 10.1 Å². The molecule has 1 N–H and O–H groups in total. The molecule has 7 nitrogen and oxygen atoms in total. The summed E-state index contributed by atoms with van der Waals surface area (Å²) in [5, 5.41) is 12.2. The van der Waals surface area contributed by atoms with E-state index in [2.05, 4.69) is 15.5 Å². The van der Waals surface area contributed by atoms with Crippen LogP contribution in [0.25, 0.3) is 10.9 Å². The first-order valence-corrected chi connectivity index (χ1v) is 6.95.